The van der Waals surface area contributed by atoms with Crippen molar-refractivity contribution in [2.24, 2.45) is 5.73 Å². The fourth-order valence-electron chi connectivity index (χ4n) is 4.32. The van der Waals surface area contributed by atoms with Crippen LogP contribution in [0.5, 0.6) is 0 Å². The van der Waals surface area contributed by atoms with Crippen molar-refractivity contribution in [2.75, 3.05) is 11.5 Å². The standard InChI is InChI=1S/C23H28N2O3S/c1-2-3-15-4-6-16(7-5-15)18-12-19-21(17-8-10-29(27,28)11-9-17)14-25-22(19)20(13-18)23(24)26/h4-7,12-14,17,25,27-28H,2-3,8-11H2,1H3,(H2,24,26). The van der Waals surface area contributed by atoms with Crippen molar-refractivity contribution < 1.29 is 13.9 Å². The number of rotatable bonds is 5. The lowest BCUT2D eigenvalue weighted by molar-refractivity contribution is 0.100. The minimum absolute atomic E-state index is 0.242. The number of primary amides is 1. The molecule has 4 rings (SSSR count). The summed E-state index contributed by atoms with van der Waals surface area (Å²) in [4.78, 5) is 15.4. The summed E-state index contributed by atoms with van der Waals surface area (Å²) in [5.74, 6) is 0.661. The smallest absolute Gasteiger partial charge is 0.250 e. The molecular weight excluding hydrogens is 384 g/mol. The van der Waals surface area contributed by atoms with Crippen molar-refractivity contribution in [3.8, 4) is 11.1 Å². The van der Waals surface area contributed by atoms with Gasteiger partial charge in [-0.3, -0.25) is 13.9 Å². The molecule has 1 saturated heterocycles. The minimum atomic E-state index is -2.43. The predicted molar refractivity (Wildman–Crippen MR) is 121 cm³/mol. The van der Waals surface area contributed by atoms with Gasteiger partial charge >= 0.3 is 0 Å². The van der Waals surface area contributed by atoms with E-state index in [1.165, 1.54) is 5.56 Å². The number of H-pyrrole nitrogens is 1. The molecule has 0 atom stereocenters. The average Bonchev–Trinajstić information content (AvgIpc) is 3.12. The summed E-state index contributed by atoms with van der Waals surface area (Å²) in [7, 11) is -2.43. The third kappa shape index (κ3) is 4.06. The molecular formula is C23H28N2O3S. The highest BCUT2D eigenvalue weighted by molar-refractivity contribution is 8.24. The zero-order valence-corrected chi connectivity index (χ0v) is 17.5. The number of aromatic amines is 1. The lowest BCUT2D eigenvalue weighted by Gasteiger charge is -2.39. The summed E-state index contributed by atoms with van der Waals surface area (Å²) in [6.07, 6.45) is 5.58. The third-order valence-electron chi connectivity index (χ3n) is 5.94. The molecule has 2 heterocycles. The number of hydrogen-bond donors (Lipinski definition) is 4. The molecule has 3 aromatic rings. The molecule has 0 unspecified atom stereocenters. The van der Waals surface area contributed by atoms with Crippen LogP contribution in [0, 0.1) is 0 Å². The van der Waals surface area contributed by atoms with Gasteiger partial charge in [-0.05, 0) is 59.6 Å². The van der Waals surface area contributed by atoms with Crippen LogP contribution >= 0.6 is 10.6 Å². The van der Waals surface area contributed by atoms with E-state index in [1.807, 2.05) is 12.3 Å². The molecule has 5 nitrogen and oxygen atoms in total. The van der Waals surface area contributed by atoms with E-state index in [0.29, 0.717) is 17.1 Å². The lowest BCUT2D eigenvalue weighted by Crippen LogP contribution is -2.19. The quantitative estimate of drug-likeness (QED) is 0.444. The Morgan fingerprint density at radius 1 is 1.14 bits per heavy atom. The zero-order valence-electron chi connectivity index (χ0n) is 16.6. The summed E-state index contributed by atoms with van der Waals surface area (Å²) < 4.78 is 19.9. The molecule has 6 heteroatoms. The number of benzene rings is 2. The highest BCUT2D eigenvalue weighted by Gasteiger charge is 2.27. The van der Waals surface area contributed by atoms with E-state index in [0.717, 1.165) is 53.3 Å². The second kappa shape index (κ2) is 7.86. The van der Waals surface area contributed by atoms with Crippen molar-refractivity contribution in [1.82, 2.24) is 4.98 Å². The van der Waals surface area contributed by atoms with Gasteiger partial charge in [0, 0.05) is 23.1 Å². The highest BCUT2D eigenvalue weighted by atomic mass is 32.3. The number of hydrogen-bond acceptors (Lipinski definition) is 3. The number of aryl methyl sites for hydroxylation is 1. The van der Waals surface area contributed by atoms with Crippen LogP contribution in [-0.4, -0.2) is 31.5 Å². The van der Waals surface area contributed by atoms with Crippen LogP contribution in [0.3, 0.4) is 0 Å². The molecule has 0 radical (unpaired) electrons. The maximum atomic E-state index is 12.1. The van der Waals surface area contributed by atoms with Crippen LogP contribution < -0.4 is 5.73 Å². The van der Waals surface area contributed by atoms with E-state index in [2.05, 4.69) is 42.2 Å². The van der Waals surface area contributed by atoms with Crippen LogP contribution in [0.2, 0.25) is 0 Å². The molecule has 5 N–H and O–H groups in total. The number of carbonyl (C=O) groups is 1. The van der Waals surface area contributed by atoms with Crippen molar-refractivity contribution in [3.05, 3.63) is 59.3 Å². The van der Waals surface area contributed by atoms with Gasteiger partial charge in [-0.2, -0.15) is 10.6 Å². The number of nitrogens with two attached hydrogens (primary N) is 1. The highest BCUT2D eigenvalue weighted by Crippen LogP contribution is 2.49. The third-order valence-corrected chi connectivity index (χ3v) is 7.72. The molecule has 154 valence electrons. The summed E-state index contributed by atoms with van der Waals surface area (Å²) in [5, 5.41) is 0.998. The topological polar surface area (TPSA) is 99.3 Å². The molecule has 0 saturated carbocycles. The molecule has 0 bridgehead atoms. The van der Waals surface area contributed by atoms with Gasteiger partial charge in [-0.25, -0.2) is 0 Å². The molecule has 1 fully saturated rings. The summed E-state index contributed by atoms with van der Waals surface area (Å²) in [6, 6.07) is 12.4. The van der Waals surface area contributed by atoms with Gasteiger partial charge in [0.15, 0.2) is 0 Å². The predicted octanol–water partition coefficient (Wildman–Crippen LogP) is 5.51. The summed E-state index contributed by atoms with van der Waals surface area (Å²) in [6.45, 7) is 2.17. The van der Waals surface area contributed by atoms with Gasteiger partial charge < -0.3 is 10.7 Å². The number of fused-ring (bicyclic) bond motifs is 1. The van der Waals surface area contributed by atoms with Crippen LogP contribution in [-0.2, 0) is 6.42 Å². The Bertz CT molecular complexity index is 1030. The van der Waals surface area contributed by atoms with E-state index in [1.54, 1.807) is 0 Å². The van der Waals surface area contributed by atoms with Crippen LogP contribution in [0.4, 0.5) is 0 Å². The SMILES string of the molecule is CCCc1ccc(-c2cc(C(N)=O)c3[nH]cc(C4CCS(O)(O)CC4)c3c2)cc1. The Kier molecular flexibility index (Phi) is 5.42. The van der Waals surface area contributed by atoms with Gasteiger partial charge in [-0.1, -0.05) is 37.6 Å². The Hall–Kier alpha value is -2.28. The molecule has 0 aliphatic carbocycles. The first-order valence-corrected chi connectivity index (χ1v) is 12.0. The number of nitrogens with one attached hydrogen (secondary N) is 1. The summed E-state index contributed by atoms with van der Waals surface area (Å²) in [5.41, 5.74) is 11.4. The first-order valence-electron chi connectivity index (χ1n) is 10.2. The monoisotopic (exact) mass is 412 g/mol. The Morgan fingerprint density at radius 2 is 1.83 bits per heavy atom. The Labute approximate surface area is 172 Å². The van der Waals surface area contributed by atoms with Crippen LogP contribution in [0.15, 0.2) is 42.6 Å². The number of carbonyl (C=O) groups excluding carboxylic acids is 1. The maximum Gasteiger partial charge on any atom is 0.250 e. The van der Waals surface area contributed by atoms with Gasteiger partial charge in [-0.15, -0.1) is 0 Å². The van der Waals surface area contributed by atoms with E-state index < -0.39 is 16.5 Å². The van der Waals surface area contributed by atoms with Gasteiger partial charge in [0.2, 0.25) is 0 Å². The van der Waals surface area contributed by atoms with Gasteiger partial charge in [0.05, 0.1) is 11.1 Å². The molecule has 1 aliphatic heterocycles. The van der Waals surface area contributed by atoms with Crippen molar-refractivity contribution in [2.45, 2.75) is 38.5 Å². The molecule has 1 aromatic heterocycles. The van der Waals surface area contributed by atoms with Gasteiger partial charge in [0.25, 0.3) is 5.91 Å². The Morgan fingerprint density at radius 3 is 2.45 bits per heavy atom. The second-order valence-electron chi connectivity index (χ2n) is 7.99. The zero-order chi connectivity index (χ0) is 20.6. The minimum Gasteiger partial charge on any atom is -0.366 e. The molecule has 0 spiro atoms. The van der Waals surface area contributed by atoms with E-state index >= 15 is 0 Å². The van der Waals surface area contributed by atoms with Crippen molar-refractivity contribution >= 4 is 27.4 Å². The largest absolute Gasteiger partial charge is 0.366 e. The average molecular weight is 413 g/mol. The maximum absolute atomic E-state index is 12.1. The second-order valence-corrected chi connectivity index (χ2v) is 10.4. The lowest BCUT2D eigenvalue weighted by atomic mass is 9.90. The molecule has 1 aliphatic rings. The first kappa shape index (κ1) is 20.0. The number of aromatic nitrogens is 1. The normalized spacial score (nSPS) is 18.0. The van der Waals surface area contributed by atoms with Crippen molar-refractivity contribution in [1.29, 1.82) is 0 Å². The Balaban J connectivity index is 1.77. The fourth-order valence-corrected chi connectivity index (χ4v) is 5.85. The van der Waals surface area contributed by atoms with E-state index in [9.17, 15) is 13.9 Å². The molecule has 29 heavy (non-hydrogen) atoms. The fraction of sp³-hybridized carbons (Fsp3) is 0.348. The molecule has 2 aromatic carbocycles. The van der Waals surface area contributed by atoms with E-state index in [4.69, 9.17) is 5.73 Å². The van der Waals surface area contributed by atoms with Gasteiger partial charge in [0.1, 0.15) is 0 Å². The number of amides is 1. The van der Waals surface area contributed by atoms with Crippen LogP contribution in [0.25, 0.3) is 22.0 Å². The molecule has 1 amide bonds. The first-order chi connectivity index (χ1) is 13.9. The summed E-state index contributed by atoms with van der Waals surface area (Å²) >= 11 is 0. The van der Waals surface area contributed by atoms with Crippen molar-refractivity contribution in [3.63, 3.8) is 0 Å². The van der Waals surface area contributed by atoms with Crippen LogP contribution in [0.1, 0.15) is 53.6 Å². The van der Waals surface area contributed by atoms with E-state index in [-0.39, 0.29) is 5.92 Å².